The molecular weight excluding hydrogens is 212 g/mol. The molecule has 3 nitrogen and oxygen atoms in total. The van der Waals surface area contributed by atoms with Crippen molar-refractivity contribution in [1.29, 1.82) is 0 Å². The van der Waals surface area contributed by atoms with Gasteiger partial charge in [0.05, 0.1) is 0 Å². The van der Waals surface area contributed by atoms with E-state index in [0.29, 0.717) is 0 Å². The van der Waals surface area contributed by atoms with Gasteiger partial charge in [0, 0.05) is 24.8 Å². The molecule has 1 aromatic carbocycles. The second kappa shape index (κ2) is 5.21. The third kappa shape index (κ3) is 3.22. The minimum atomic E-state index is 0.0470. The smallest absolute Gasteiger partial charge is 0.251 e. The second-order valence-electron chi connectivity index (χ2n) is 4.77. The minimum Gasteiger partial charge on any atom is -0.388 e. The summed E-state index contributed by atoms with van der Waals surface area (Å²) in [4.78, 5) is 11.9. The standard InChI is InChI=1S/C14H20N2O/c1-10-9-12(15-2)5-6-13(10)14(17)16-8-7-11-3-4-11/h5-6,9,11,15H,3-4,7-8H2,1-2H3,(H,16,17). The first kappa shape index (κ1) is 12.0. The van der Waals surface area contributed by atoms with E-state index in [4.69, 9.17) is 0 Å². The number of hydrogen-bond donors (Lipinski definition) is 2. The van der Waals surface area contributed by atoms with Crippen LogP contribution in [0.15, 0.2) is 18.2 Å². The Morgan fingerprint density at radius 3 is 2.76 bits per heavy atom. The Balaban J connectivity index is 1.92. The lowest BCUT2D eigenvalue weighted by atomic mass is 10.1. The predicted octanol–water partition coefficient (Wildman–Crippen LogP) is 2.57. The monoisotopic (exact) mass is 232 g/mol. The zero-order valence-electron chi connectivity index (χ0n) is 10.5. The summed E-state index contributed by atoms with van der Waals surface area (Å²) in [6.07, 6.45) is 3.80. The van der Waals surface area contributed by atoms with Gasteiger partial charge in [-0.25, -0.2) is 0 Å². The number of aryl methyl sites for hydroxylation is 1. The van der Waals surface area contributed by atoms with Gasteiger partial charge < -0.3 is 10.6 Å². The predicted molar refractivity (Wildman–Crippen MR) is 70.4 cm³/mol. The highest BCUT2D eigenvalue weighted by atomic mass is 16.1. The van der Waals surface area contributed by atoms with Gasteiger partial charge in [0.1, 0.15) is 0 Å². The maximum Gasteiger partial charge on any atom is 0.251 e. The fourth-order valence-electron chi connectivity index (χ4n) is 1.97. The Labute approximate surface area is 103 Å². The third-order valence-electron chi connectivity index (χ3n) is 3.29. The van der Waals surface area contributed by atoms with Crippen LogP contribution in [-0.4, -0.2) is 19.5 Å². The molecule has 0 spiro atoms. The number of carbonyl (C=O) groups excluding carboxylic acids is 1. The minimum absolute atomic E-state index is 0.0470. The maximum absolute atomic E-state index is 11.9. The molecule has 0 heterocycles. The first-order valence-electron chi connectivity index (χ1n) is 6.27. The lowest BCUT2D eigenvalue weighted by Gasteiger charge is -2.09. The van der Waals surface area contributed by atoms with Gasteiger partial charge in [-0.05, 0) is 43.0 Å². The van der Waals surface area contributed by atoms with E-state index < -0.39 is 0 Å². The van der Waals surface area contributed by atoms with E-state index in [-0.39, 0.29) is 5.91 Å². The van der Waals surface area contributed by atoms with Crippen molar-refractivity contribution < 1.29 is 4.79 Å². The molecular formula is C14H20N2O. The van der Waals surface area contributed by atoms with Crippen LogP contribution in [0.3, 0.4) is 0 Å². The van der Waals surface area contributed by atoms with Crippen LogP contribution < -0.4 is 10.6 Å². The first-order chi connectivity index (χ1) is 8.20. The molecule has 0 bridgehead atoms. The molecule has 1 aromatic rings. The molecule has 1 fully saturated rings. The van der Waals surface area contributed by atoms with E-state index >= 15 is 0 Å². The molecule has 17 heavy (non-hydrogen) atoms. The van der Waals surface area contributed by atoms with Crippen LogP contribution >= 0.6 is 0 Å². The largest absolute Gasteiger partial charge is 0.388 e. The molecule has 1 saturated carbocycles. The van der Waals surface area contributed by atoms with Crippen LogP contribution in [0.4, 0.5) is 5.69 Å². The first-order valence-corrected chi connectivity index (χ1v) is 6.27. The summed E-state index contributed by atoms with van der Waals surface area (Å²) in [5.74, 6) is 0.911. The maximum atomic E-state index is 11.9. The van der Waals surface area contributed by atoms with Crippen LogP contribution in [0.5, 0.6) is 0 Å². The molecule has 0 radical (unpaired) electrons. The molecule has 2 N–H and O–H groups in total. The summed E-state index contributed by atoms with van der Waals surface area (Å²) in [6.45, 7) is 2.77. The molecule has 2 rings (SSSR count). The van der Waals surface area contributed by atoms with E-state index in [1.165, 1.54) is 12.8 Å². The highest BCUT2D eigenvalue weighted by Crippen LogP contribution is 2.31. The van der Waals surface area contributed by atoms with Crippen LogP contribution in [0.2, 0.25) is 0 Å². The molecule has 92 valence electrons. The fourth-order valence-corrected chi connectivity index (χ4v) is 1.97. The highest BCUT2D eigenvalue weighted by Gasteiger charge is 2.20. The average molecular weight is 232 g/mol. The van der Waals surface area contributed by atoms with Crippen LogP contribution in [0.1, 0.15) is 35.2 Å². The molecule has 0 atom stereocenters. The van der Waals surface area contributed by atoms with Gasteiger partial charge >= 0.3 is 0 Å². The van der Waals surface area contributed by atoms with Gasteiger partial charge in [-0.3, -0.25) is 4.79 Å². The number of anilines is 1. The summed E-state index contributed by atoms with van der Waals surface area (Å²) in [6, 6.07) is 5.81. The van der Waals surface area contributed by atoms with Crippen molar-refractivity contribution in [3.63, 3.8) is 0 Å². The van der Waals surface area contributed by atoms with Crippen molar-refractivity contribution in [2.45, 2.75) is 26.2 Å². The van der Waals surface area contributed by atoms with Gasteiger partial charge in [0.15, 0.2) is 0 Å². The fraction of sp³-hybridized carbons (Fsp3) is 0.500. The summed E-state index contributed by atoms with van der Waals surface area (Å²) < 4.78 is 0. The molecule has 0 aromatic heterocycles. The Kier molecular flexibility index (Phi) is 3.67. The molecule has 3 heteroatoms. The Hall–Kier alpha value is -1.51. The average Bonchev–Trinajstić information content (AvgIpc) is 3.12. The number of hydrogen-bond acceptors (Lipinski definition) is 2. The summed E-state index contributed by atoms with van der Waals surface area (Å²) in [7, 11) is 1.88. The topological polar surface area (TPSA) is 41.1 Å². The zero-order valence-corrected chi connectivity index (χ0v) is 10.5. The van der Waals surface area contributed by atoms with Crippen molar-refractivity contribution >= 4 is 11.6 Å². The Morgan fingerprint density at radius 2 is 2.18 bits per heavy atom. The van der Waals surface area contributed by atoms with Crippen molar-refractivity contribution in [1.82, 2.24) is 5.32 Å². The van der Waals surface area contributed by atoms with Crippen LogP contribution in [-0.2, 0) is 0 Å². The number of nitrogens with one attached hydrogen (secondary N) is 2. The van der Waals surface area contributed by atoms with Crippen molar-refractivity contribution in [2.24, 2.45) is 5.92 Å². The van der Waals surface area contributed by atoms with Gasteiger partial charge in [-0.1, -0.05) is 12.8 Å². The van der Waals surface area contributed by atoms with E-state index in [2.05, 4.69) is 10.6 Å². The molecule has 0 aliphatic heterocycles. The molecule has 1 aliphatic carbocycles. The van der Waals surface area contributed by atoms with Crippen molar-refractivity contribution in [3.8, 4) is 0 Å². The van der Waals surface area contributed by atoms with Crippen LogP contribution in [0, 0.1) is 12.8 Å². The van der Waals surface area contributed by atoms with Crippen molar-refractivity contribution in [2.75, 3.05) is 18.9 Å². The normalized spacial score (nSPS) is 14.5. The quantitative estimate of drug-likeness (QED) is 0.819. The van der Waals surface area contributed by atoms with E-state index in [1.54, 1.807) is 0 Å². The van der Waals surface area contributed by atoms with Gasteiger partial charge in [0.25, 0.3) is 5.91 Å². The third-order valence-corrected chi connectivity index (χ3v) is 3.29. The number of amides is 1. The van der Waals surface area contributed by atoms with Crippen molar-refractivity contribution in [3.05, 3.63) is 29.3 Å². The SMILES string of the molecule is CNc1ccc(C(=O)NCCC2CC2)c(C)c1. The van der Waals surface area contributed by atoms with Gasteiger partial charge in [-0.15, -0.1) is 0 Å². The number of benzene rings is 1. The summed E-state index contributed by atoms with van der Waals surface area (Å²) in [5, 5.41) is 6.06. The van der Waals surface area contributed by atoms with E-state index in [0.717, 1.165) is 35.7 Å². The molecule has 0 unspecified atom stereocenters. The summed E-state index contributed by atoms with van der Waals surface area (Å²) >= 11 is 0. The number of carbonyl (C=O) groups is 1. The Morgan fingerprint density at radius 1 is 1.41 bits per heavy atom. The van der Waals surface area contributed by atoms with E-state index in [1.807, 2.05) is 32.2 Å². The Bertz CT molecular complexity index is 411. The van der Waals surface area contributed by atoms with Crippen LogP contribution in [0.25, 0.3) is 0 Å². The number of rotatable bonds is 5. The lowest BCUT2D eigenvalue weighted by Crippen LogP contribution is -2.25. The second-order valence-corrected chi connectivity index (χ2v) is 4.77. The van der Waals surface area contributed by atoms with Gasteiger partial charge in [-0.2, -0.15) is 0 Å². The molecule has 0 saturated heterocycles. The van der Waals surface area contributed by atoms with E-state index in [9.17, 15) is 4.79 Å². The summed E-state index contributed by atoms with van der Waals surface area (Å²) in [5.41, 5.74) is 2.83. The molecule has 1 aliphatic rings. The van der Waals surface area contributed by atoms with Gasteiger partial charge in [0.2, 0.25) is 0 Å². The lowest BCUT2D eigenvalue weighted by molar-refractivity contribution is 0.0952. The molecule has 1 amide bonds. The highest BCUT2D eigenvalue weighted by molar-refractivity contribution is 5.96. The zero-order chi connectivity index (χ0) is 12.3.